The zero-order chi connectivity index (χ0) is 20.9. The lowest BCUT2D eigenvalue weighted by atomic mass is 9.88. The Morgan fingerprint density at radius 1 is 1.14 bits per heavy atom. The second kappa shape index (κ2) is 8.64. The third kappa shape index (κ3) is 5.04. The zero-order valence-electron chi connectivity index (χ0n) is 15.8. The molecule has 0 bridgehead atoms. The molecule has 150 valence electrons. The monoisotopic (exact) mass is 397 g/mol. The van der Waals surface area contributed by atoms with Crippen LogP contribution in [0.4, 0.5) is 4.39 Å². The maximum Gasteiger partial charge on any atom is 0.306 e. The first-order valence-electron chi connectivity index (χ1n) is 9.03. The number of hydrogen-bond donors (Lipinski definition) is 2. The van der Waals surface area contributed by atoms with Crippen molar-refractivity contribution in [2.45, 2.75) is 31.7 Å². The molecule has 0 spiro atoms. The summed E-state index contributed by atoms with van der Waals surface area (Å²) < 4.78 is 18.9. The average Bonchev–Trinajstić information content (AvgIpc) is 3.15. The van der Waals surface area contributed by atoms with E-state index in [1.807, 2.05) is 6.07 Å². The molecule has 3 rings (SSSR count). The Bertz CT molecular complexity index is 1010. The summed E-state index contributed by atoms with van der Waals surface area (Å²) in [6.45, 7) is 1.66. The fourth-order valence-electron chi connectivity index (χ4n) is 3.03. The molecule has 1 amide bonds. The van der Waals surface area contributed by atoms with E-state index >= 15 is 0 Å². The van der Waals surface area contributed by atoms with E-state index in [1.165, 1.54) is 12.1 Å². The number of carboxylic acid groups (broad SMARTS) is 1. The number of halogens is 1. The standard InChI is InChI=1S/C21H20FN3O4/c1-21(13-19(27)28,14-7-3-2-4-8-14)24-17(26)11-12-18-23-20(25-29-18)15-9-5-6-10-16(15)22/h2-10H,11-13H2,1H3,(H,24,26)(H,27,28)/t21-/m0/s1. The summed E-state index contributed by atoms with van der Waals surface area (Å²) in [7, 11) is 0. The van der Waals surface area contributed by atoms with Gasteiger partial charge in [-0.1, -0.05) is 47.6 Å². The lowest BCUT2D eigenvalue weighted by molar-refractivity contribution is -0.139. The first-order chi connectivity index (χ1) is 13.9. The number of benzene rings is 2. The van der Waals surface area contributed by atoms with Crippen LogP contribution in [0.15, 0.2) is 59.1 Å². The number of aromatic nitrogens is 2. The van der Waals surface area contributed by atoms with Gasteiger partial charge in [0.25, 0.3) is 0 Å². The van der Waals surface area contributed by atoms with Crippen molar-refractivity contribution in [3.8, 4) is 11.4 Å². The topological polar surface area (TPSA) is 105 Å². The van der Waals surface area contributed by atoms with Crippen molar-refractivity contribution in [3.63, 3.8) is 0 Å². The highest BCUT2D eigenvalue weighted by Gasteiger charge is 2.31. The second-order valence-corrected chi connectivity index (χ2v) is 6.81. The SMILES string of the molecule is C[C@@](CC(=O)O)(NC(=O)CCc1nc(-c2ccccc2F)no1)c1ccccc1. The van der Waals surface area contributed by atoms with Crippen LogP contribution in [0, 0.1) is 5.82 Å². The second-order valence-electron chi connectivity index (χ2n) is 6.81. The molecule has 0 fully saturated rings. The minimum atomic E-state index is -1.06. The third-order valence-corrected chi connectivity index (χ3v) is 4.48. The molecule has 0 aliphatic heterocycles. The van der Waals surface area contributed by atoms with E-state index in [0.29, 0.717) is 5.56 Å². The molecule has 1 heterocycles. The average molecular weight is 397 g/mol. The maximum absolute atomic E-state index is 13.8. The van der Waals surface area contributed by atoms with Crippen molar-refractivity contribution >= 4 is 11.9 Å². The number of hydrogen-bond acceptors (Lipinski definition) is 5. The number of amides is 1. The van der Waals surface area contributed by atoms with Gasteiger partial charge < -0.3 is 14.9 Å². The summed E-state index contributed by atoms with van der Waals surface area (Å²) >= 11 is 0. The predicted octanol–water partition coefficient (Wildman–Crippen LogP) is 3.31. The Balaban J connectivity index is 1.66. The summed E-state index contributed by atoms with van der Waals surface area (Å²) in [4.78, 5) is 27.9. The van der Waals surface area contributed by atoms with E-state index < -0.39 is 17.3 Å². The molecule has 8 heteroatoms. The van der Waals surface area contributed by atoms with E-state index in [0.717, 1.165) is 0 Å². The molecule has 0 saturated heterocycles. The van der Waals surface area contributed by atoms with Gasteiger partial charge in [-0.3, -0.25) is 9.59 Å². The van der Waals surface area contributed by atoms with Crippen molar-refractivity contribution in [1.29, 1.82) is 0 Å². The number of nitrogens with one attached hydrogen (secondary N) is 1. The van der Waals surface area contributed by atoms with E-state index in [9.17, 15) is 19.1 Å². The van der Waals surface area contributed by atoms with Crippen LogP contribution in [0.2, 0.25) is 0 Å². The van der Waals surface area contributed by atoms with Crippen molar-refractivity contribution in [2.75, 3.05) is 0 Å². The number of aryl methyl sites for hydroxylation is 1. The number of nitrogens with zero attached hydrogens (tertiary/aromatic N) is 2. The van der Waals surface area contributed by atoms with E-state index in [-0.39, 0.29) is 42.4 Å². The minimum absolute atomic E-state index is 0.0148. The molecule has 0 unspecified atom stereocenters. The molecule has 1 atom stereocenters. The fraction of sp³-hybridized carbons (Fsp3) is 0.238. The highest BCUT2D eigenvalue weighted by molar-refractivity contribution is 5.78. The van der Waals surface area contributed by atoms with E-state index in [4.69, 9.17) is 4.52 Å². The van der Waals surface area contributed by atoms with Gasteiger partial charge in [-0.2, -0.15) is 4.98 Å². The van der Waals surface area contributed by atoms with Gasteiger partial charge in [0.1, 0.15) is 5.82 Å². The van der Waals surface area contributed by atoms with Gasteiger partial charge in [-0.15, -0.1) is 0 Å². The van der Waals surface area contributed by atoms with Gasteiger partial charge in [-0.05, 0) is 24.6 Å². The van der Waals surface area contributed by atoms with E-state index in [2.05, 4.69) is 15.5 Å². The zero-order valence-corrected chi connectivity index (χ0v) is 15.8. The number of rotatable bonds is 8. The summed E-state index contributed by atoms with van der Waals surface area (Å²) in [5, 5.41) is 15.8. The summed E-state index contributed by atoms with van der Waals surface area (Å²) in [6.07, 6.45) is -0.104. The van der Waals surface area contributed by atoms with Gasteiger partial charge in [-0.25, -0.2) is 4.39 Å². The lowest BCUT2D eigenvalue weighted by Crippen LogP contribution is -2.45. The molecule has 2 aromatic carbocycles. The molecule has 3 aromatic rings. The van der Waals surface area contributed by atoms with Crippen molar-refractivity contribution in [2.24, 2.45) is 0 Å². The Labute approximate surface area is 166 Å². The molecule has 1 aromatic heterocycles. The van der Waals surface area contributed by atoms with Crippen LogP contribution in [0.5, 0.6) is 0 Å². The molecule has 29 heavy (non-hydrogen) atoms. The molecule has 2 N–H and O–H groups in total. The Hall–Kier alpha value is -3.55. The molecule has 0 radical (unpaired) electrons. The predicted molar refractivity (Wildman–Crippen MR) is 102 cm³/mol. The summed E-state index contributed by atoms with van der Waals surface area (Å²) in [5.74, 6) is -1.55. The molecule has 0 aliphatic carbocycles. The number of carboxylic acids is 1. The maximum atomic E-state index is 13.8. The third-order valence-electron chi connectivity index (χ3n) is 4.48. The van der Waals surface area contributed by atoms with Crippen LogP contribution in [0.25, 0.3) is 11.4 Å². The van der Waals surface area contributed by atoms with Crippen LogP contribution in [-0.2, 0) is 21.5 Å². The summed E-state index contributed by atoms with van der Waals surface area (Å²) in [5.41, 5.74) is -0.155. The van der Waals surface area contributed by atoms with Gasteiger partial charge in [0.15, 0.2) is 0 Å². The molecule has 0 aliphatic rings. The first kappa shape index (κ1) is 20.2. The number of carbonyl (C=O) groups excluding carboxylic acids is 1. The lowest BCUT2D eigenvalue weighted by Gasteiger charge is -2.30. The van der Waals surface area contributed by atoms with E-state index in [1.54, 1.807) is 43.3 Å². The fourth-order valence-corrected chi connectivity index (χ4v) is 3.03. The quantitative estimate of drug-likeness (QED) is 0.604. The molecular weight excluding hydrogens is 377 g/mol. The van der Waals surface area contributed by atoms with Crippen LogP contribution in [0.1, 0.15) is 31.2 Å². The highest BCUT2D eigenvalue weighted by atomic mass is 19.1. The minimum Gasteiger partial charge on any atom is -0.481 e. The number of aliphatic carboxylic acids is 1. The van der Waals surface area contributed by atoms with Gasteiger partial charge in [0.05, 0.1) is 17.5 Å². The van der Waals surface area contributed by atoms with Crippen LogP contribution < -0.4 is 5.32 Å². The van der Waals surface area contributed by atoms with Crippen molar-refractivity contribution in [3.05, 3.63) is 71.9 Å². The van der Waals surface area contributed by atoms with Crippen molar-refractivity contribution < 1.29 is 23.6 Å². The Morgan fingerprint density at radius 3 is 2.52 bits per heavy atom. The van der Waals surface area contributed by atoms with Gasteiger partial charge in [0.2, 0.25) is 17.6 Å². The Kier molecular flexibility index (Phi) is 6.01. The smallest absolute Gasteiger partial charge is 0.306 e. The van der Waals surface area contributed by atoms with Crippen LogP contribution in [-0.4, -0.2) is 27.1 Å². The Morgan fingerprint density at radius 2 is 1.83 bits per heavy atom. The van der Waals surface area contributed by atoms with Crippen LogP contribution in [0.3, 0.4) is 0 Å². The van der Waals surface area contributed by atoms with Gasteiger partial charge >= 0.3 is 5.97 Å². The normalized spacial score (nSPS) is 12.9. The summed E-state index contributed by atoms with van der Waals surface area (Å²) in [6, 6.07) is 15.0. The van der Waals surface area contributed by atoms with Crippen molar-refractivity contribution in [1.82, 2.24) is 15.5 Å². The number of carbonyl (C=O) groups is 2. The molecule has 0 saturated carbocycles. The highest BCUT2D eigenvalue weighted by Crippen LogP contribution is 2.25. The molecule has 7 nitrogen and oxygen atoms in total. The van der Waals surface area contributed by atoms with Crippen LogP contribution >= 0.6 is 0 Å². The molecular formula is C21H20FN3O4. The first-order valence-corrected chi connectivity index (χ1v) is 9.03. The van der Waals surface area contributed by atoms with Gasteiger partial charge in [0, 0.05) is 12.8 Å². The largest absolute Gasteiger partial charge is 0.481 e.